The van der Waals surface area contributed by atoms with Crippen molar-refractivity contribution in [1.82, 2.24) is 9.97 Å². The van der Waals surface area contributed by atoms with Gasteiger partial charge in [-0.1, -0.05) is 11.6 Å². The maximum atomic E-state index is 12.5. The number of ether oxygens (including phenoxy) is 1. The minimum Gasteiger partial charge on any atom is -0.447 e. The molecule has 2 N–H and O–H groups in total. The molecule has 4 rings (SSSR count). The number of cyclic esters (lactones) is 1. The highest BCUT2D eigenvalue weighted by Gasteiger charge is 2.41. The third-order valence-corrected chi connectivity index (χ3v) is 5.24. The Morgan fingerprint density at radius 3 is 2.76 bits per heavy atom. The van der Waals surface area contributed by atoms with E-state index in [0.717, 1.165) is 10.9 Å². The lowest BCUT2D eigenvalue weighted by molar-refractivity contribution is 0.175. The van der Waals surface area contributed by atoms with Gasteiger partial charge in [-0.05, 0) is 51.1 Å². The molecule has 1 aliphatic heterocycles. The summed E-state index contributed by atoms with van der Waals surface area (Å²) in [5, 5.41) is 4.69. The van der Waals surface area contributed by atoms with Gasteiger partial charge in [0.25, 0.3) is 5.56 Å². The number of rotatable bonds is 4. The summed E-state index contributed by atoms with van der Waals surface area (Å²) < 4.78 is 5.18. The normalized spacial score (nSPS) is 16.7. The van der Waals surface area contributed by atoms with Gasteiger partial charge in [-0.25, -0.2) is 9.78 Å². The van der Waals surface area contributed by atoms with E-state index in [4.69, 9.17) is 16.3 Å². The summed E-state index contributed by atoms with van der Waals surface area (Å²) in [6, 6.07) is 10.4. The number of amides is 1. The van der Waals surface area contributed by atoms with Crippen LogP contribution in [0.4, 0.5) is 16.3 Å². The Kier molecular flexibility index (Phi) is 4.70. The highest BCUT2D eigenvalue weighted by atomic mass is 35.5. The standard InChI is InChI=1S/C21H21ClN4O3/c1-12(16-9-13-8-14(22)4-5-17(13)25-19(16)27)24-18-10-15(6-7-23-18)26-20(28)29-11-21(26,2)3/h4-10,12H,11H2,1-3H3,(H,23,24)(H,25,27)/t12-/m0/s1. The van der Waals surface area contributed by atoms with Crippen LogP contribution in [0.15, 0.2) is 47.4 Å². The Bertz CT molecular complexity index is 1160. The van der Waals surface area contributed by atoms with Gasteiger partial charge in [0.1, 0.15) is 12.4 Å². The molecule has 1 aliphatic rings. The van der Waals surface area contributed by atoms with Crippen LogP contribution in [0.25, 0.3) is 10.9 Å². The summed E-state index contributed by atoms with van der Waals surface area (Å²) in [6.07, 6.45) is 1.24. The first kappa shape index (κ1) is 19.3. The van der Waals surface area contributed by atoms with Crippen LogP contribution in [-0.2, 0) is 4.74 Å². The van der Waals surface area contributed by atoms with Crippen LogP contribution in [0.3, 0.4) is 0 Å². The van der Waals surface area contributed by atoms with Crippen molar-refractivity contribution in [3.05, 3.63) is 63.5 Å². The maximum Gasteiger partial charge on any atom is 0.414 e. The number of nitrogens with one attached hydrogen (secondary N) is 2. The molecule has 0 aliphatic carbocycles. The number of hydrogen-bond acceptors (Lipinski definition) is 5. The molecule has 29 heavy (non-hydrogen) atoms. The first-order valence-electron chi connectivity index (χ1n) is 9.27. The maximum absolute atomic E-state index is 12.5. The second-order valence-electron chi connectivity index (χ2n) is 7.75. The third-order valence-electron chi connectivity index (χ3n) is 5.00. The molecule has 1 saturated heterocycles. The number of halogens is 1. The summed E-state index contributed by atoms with van der Waals surface area (Å²) >= 11 is 6.07. The number of aromatic amines is 1. The van der Waals surface area contributed by atoms with E-state index in [0.29, 0.717) is 28.7 Å². The predicted molar refractivity (Wildman–Crippen MR) is 114 cm³/mol. The molecule has 1 amide bonds. The molecule has 1 aromatic carbocycles. The molecule has 3 heterocycles. The molecule has 0 spiro atoms. The number of pyridine rings is 2. The fourth-order valence-electron chi connectivity index (χ4n) is 3.52. The predicted octanol–water partition coefficient (Wildman–Crippen LogP) is 4.48. The summed E-state index contributed by atoms with van der Waals surface area (Å²) in [5.41, 5.74) is 1.34. The van der Waals surface area contributed by atoms with Crippen molar-refractivity contribution in [3.8, 4) is 0 Å². The number of anilines is 2. The first-order chi connectivity index (χ1) is 13.7. The van der Waals surface area contributed by atoms with Crippen LogP contribution in [0.1, 0.15) is 32.4 Å². The number of hydrogen-bond donors (Lipinski definition) is 2. The Balaban J connectivity index is 1.63. The van der Waals surface area contributed by atoms with Gasteiger partial charge in [0.2, 0.25) is 0 Å². The van der Waals surface area contributed by atoms with Crippen LogP contribution >= 0.6 is 11.6 Å². The molecule has 150 valence electrons. The molecule has 0 bridgehead atoms. The molecular formula is C21H21ClN4O3. The first-order valence-corrected chi connectivity index (χ1v) is 9.64. The summed E-state index contributed by atoms with van der Waals surface area (Å²) in [6.45, 7) is 6.08. The van der Waals surface area contributed by atoms with Crippen molar-refractivity contribution in [2.24, 2.45) is 0 Å². The van der Waals surface area contributed by atoms with Crippen molar-refractivity contribution >= 4 is 40.1 Å². The van der Waals surface area contributed by atoms with E-state index in [2.05, 4.69) is 15.3 Å². The van der Waals surface area contributed by atoms with E-state index in [1.54, 1.807) is 35.4 Å². The molecule has 2 aromatic heterocycles. The second kappa shape index (κ2) is 7.08. The zero-order valence-electron chi connectivity index (χ0n) is 16.3. The van der Waals surface area contributed by atoms with Gasteiger partial charge in [0.05, 0.1) is 17.3 Å². The van der Waals surface area contributed by atoms with Crippen molar-refractivity contribution in [3.63, 3.8) is 0 Å². The molecule has 3 aromatic rings. The van der Waals surface area contributed by atoms with Crippen molar-refractivity contribution in [2.75, 3.05) is 16.8 Å². The molecule has 8 heteroatoms. The van der Waals surface area contributed by atoms with E-state index in [9.17, 15) is 9.59 Å². The van der Waals surface area contributed by atoms with Gasteiger partial charge in [-0.15, -0.1) is 0 Å². The number of fused-ring (bicyclic) bond motifs is 1. The molecule has 0 radical (unpaired) electrons. The van der Waals surface area contributed by atoms with Gasteiger partial charge in [-0.3, -0.25) is 9.69 Å². The fourth-order valence-corrected chi connectivity index (χ4v) is 3.70. The number of aromatic nitrogens is 2. The van der Waals surface area contributed by atoms with E-state index >= 15 is 0 Å². The zero-order chi connectivity index (χ0) is 20.8. The highest BCUT2D eigenvalue weighted by molar-refractivity contribution is 6.31. The lowest BCUT2D eigenvalue weighted by Crippen LogP contribution is -2.42. The number of nitrogens with zero attached hydrogens (tertiary/aromatic N) is 2. The average Bonchev–Trinajstić information content (AvgIpc) is 2.94. The molecule has 1 fully saturated rings. The number of carbonyl (C=O) groups excluding carboxylic acids is 1. The molecule has 0 saturated carbocycles. The Morgan fingerprint density at radius 2 is 2.03 bits per heavy atom. The van der Waals surface area contributed by atoms with E-state index in [1.807, 2.05) is 32.9 Å². The van der Waals surface area contributed by atoms with Gasteiger partial charge in [0.15, 0.2) is 0 Å². The second-order valence-corrected chi connectivity index (χ2v) is 8.19. The highest BCUT2D eigenvalue weighted by Crippen LogP contribution is 2.31. The third kappa shape index (κ3) is 3.65. The number of carbonyl (C=O) groups is 1. The van der Waals surface area contributed by atoms with E-state index < -0.39 is 5.54 Å². The Hall–Kier alpha value is -3.06. The van der Waals surface area contributed by atoms with Crippen LogP contribution in [0.5, 0.6) is 0 Å². The van der Waals surface area contributed by atoms with Crippen LogP contribution in [0, 0.1) is 0 Å². The van der Waals surface area contributed by atoms with Gasteiger partial charge >= 0.3 is 6.09 Å². The lowest BCUT2D eigenvalue weighted by atomic mass is 10.1. The monoisotopic (exact) mass is 412 g/mol. The van der Waals surface area contributed by atoms with Crippen LogP contribution in [0.2, 0.25) is 5.02 Å². The topological polar surface area (TPSA) is 87.3 Å². The van der Waals surface area contributed by atoms with Crippen LogP contribution < -0.4 is 15.8 Å². The molecule has 1 atom stereocenters. The van der Waals surface area contributed by atoms with Gasteiger partial charge < -0.3 is 15.0 Å². The minimum absolute atomic E-state index is 0.180. The SMILES string of the molecule is C[C@H](Nc1cc(N2C(=O)OCC2(C)C)ccn1)c1cc2cc(Cl)ccc2[nH]c1=O. The minimum atomic E-state index is -0.448. The van der Waals surface area contributed by atoms with Crippen LogP contribution in [-0.4, -0.2) is 28.2 Å². The number of H-pyrrole nitrogens is 1. The summed E-state index contributed by atoms with van der Waals surface area (Å²) in [5.74, 6) is 0.552. The largest absolute Gasteiger partial charge is 0.447 e. The average molecular weight is 413 g/mol. The van der Waals surface area contributed by atoms with Gasteiger partial charge in [0, 0.05) is 33.8 Å². The summed E-state index contributed by atoms with van der Waals surface area (Å²) in [4.78, 5) is 33.5. The summed E-state index contributed by atoms with van der Waals surface area (Å²) in [7, 11) is 0. The van der Waals surface area contributed by atoms with Crippen molar-refractivity contribution in [2.45, 2.75) is 32.4 Å². The zero-order valence-corrected chi connectivity index (χ0v) is 17.1. The van der Waals surface area contributed by atoms with E-state index in [-0.39, 0.29) is 17.7 Å². The molecular weight excluding hydrogens is 392 g/mol. The Morgan fingerprint density at radius 1 is 1.24 bits per heavy atom. The molecule has 0 unspecified atom stereocenters. The van der Waals surface area contributed by atoms with E-state index in [1.165, 1.54) is 0 Å². The number of benzene rings is 1. The molecule has 7 nitrogen and oxygen atoms in total. The Labute approximate surface area is 172 Å². The quantitative estimate of drug-likeness (QED) is 0.659. The fraction of sp³-hybridized carbons (Fsp3) is 0.286. The van der Waals surface area contributed by atoms with Crippen molar-refractivity contribution in [1.29, 1.82) is 0 Å². The van der Waals surface area contributed by atoms with Crippen molar-refractivity contribution < 1.29 is 9.53 Å². The lowest BCUT2D eigenvalue weighted by Gasteiger charge is -2.28. The smallest absolute Gasteiger partial charge is 0.414 e. The van der Waals surface area contributed by atoms with Gasteiger partial charge in [-0.2, -0.15) is 0 Å².